The van der Waals surface area contributed by atoms with Crippen LogP contribution in [0, 0.1) is 0 Å². The smallest absolute Gasteiger partial charge is 0.406 e. The molecular formula is C14H9ClF3NO2. The van der Waals surface area contributed by atoms with Crippen LogP contribution in [0.5, 0.6) is 5.75 Å². The molecule has 0 saturated carbocycles. The average molecular weight is 316 g/mol. The van der Waals surface area contributed by atoms with E-state index in [2.05, 4.69) is 4.74 Å². The molecule has 0 unspecified atom stereocenters. The van der Waals surface area contributed by atoms with Gasteiger partial charge in [-0.2, -0.15) is 0 Å². The van der Waals surface area contributed by atoms with Gasteiger partial charge in [0.1, 0.15) is 5.75 Å². The number of carbonyl (C=O) groups excluding carboxylic acids is 1. The summed E-state index contributed by atoms with van der Waals surface area (Å²) in [6, 6.07) is 9.59. The number of nitrogens with two attached hydrogens (primary N) is 1. The highest BCUT2D eigenvalue weighted by Crippen LogP contribution is 2.31. The molecule has 2 N–H and O–H groups in total. The zero-order valence-corrected chi connectivity index (χ0v) is 11.2. The predicted octanol–water partition coefficient (Wildman–Crippen LogP) is 4.00. The largest absolute Gasteiger partial charge is 0.573 e. The molecule has 0 bridgehead atoms. The summed E-state index contributed by atoms with van der Waals surface area (Å²) in [5.74, 6) is -0.960. The molecule has 0 aliphatic rings. The predicted molar refractivity (Wildman–Crippen MR) is 72.1 cm³/mol. The van der Waals surface area contributed by atoms with Crippen molar-refractivity contribution in [2.24, 2.45) is 5.73 Å². The maximum atomic E-state index is 12.1. The van der Waals surface area contributed by atoms with Crippen LogP contribution >= 0.6 is 11.6 Å². The Morgan fingerprint density at radius 1 is 1.10 bits per heavy atom. The van der Waals surface area contributed by atoms with Gasteiger partial charge < -0.3 is 10.5 Å². The van der Waals surface area contributed by atoms with E-state index in [4.69, 9.17) is 17.3 Å². The molecule has 2 aromatic rings. The number of ether oxygens (including phenoxy) is 1. The van der Waals surface area contributed by atoms with E-state index in [-0.39, 0.29) is 11.3 Å². The maximum absolute atomic E-state index is 12.1. The van der Waals surface area contributed by atoms with E-state index in [0.29, 0.717) is 16.1 Å². The number of carbonyl (C=O) groups is 1. The Balaban J connectivity index is 2.34. The topological polar surface area (TPSA) is 52.3 Å². The Morgan fingerprint density at radius 2 is 1.71 bits per heavy atom. The third-order valence-corrected chi connectivity index (χ3v) is 2.98. The third kappa shape index (κ3) is 3.88. The molecule has 110 valence electrons. The Labute approximate surface area is 123 Å². The van der Waals surface area contributed by atoms with Crippen LogP contribution in [0.3, 0.4) is 0 Å². The molecule has 0 saturated heterocycles. The summed E-state index contributed by atoms with van der Waals surface area (Å²) >= 11 is 6.02. The van der Waals surface area contributed by atoms with Gasteiger partial charge >= 0.3 is 6.36 Å². The molecule has 0 fully saturated rings. The highest BCUT2D eigenvalue weighted by Gasteiger charge is 2.30. The molecule has 0 heterocycles. The number of alkyl halides is 3. The van der Waals surface area contributed by atoms with Gasteiger partial charge in [0.2, 0.25) is 5.91 Å². The molecule has 0 aromatic heterocycles. The maximum Gasteiger partial charge on any atom is 0.573 e. The molecule has 0 radical (unpaired) electrons. The summed E-state index contributed by atoms with van der Waals surface area (Å²) in [6.45, 7) is 0. The van der Waals surface area contributed by atoms with Crippen molar-refractivity contribution in [3.05, 3.63) is 53.1 Å². The van der Waals surface area contributed by atoms with Crippen molar-refractivity contribution in [2.45, 2.75) is 6.36 Å². The minimum atomic E-state index is -4.74. The summed E-state index contributed by atoms with van der Waals surface area (Å²) in [5, 5.41) is 0.351. The first-order valence-electron chi connectivity index (χ1n) is 5.72. The second-order valence-electron chi connectivity index (χ2n) is 4.13. The molecular weight excluding hydrogens is 307 g/mol. The number of primary amides is 1. The SMILES string of the molecule is NC(=O)c1ccc(Cl)c(-c2ccc(OC(F)(F)F)cc2)c1. The lowest BCUT2D eigenvalue weighted by molar-refractivity contribution is -0.274. The zero-order chi connectivity index (χ0) is 15.6. The number of hydrogen-bond donors (Lipinski definition) is 1. The van der Waals surface area contributed by atoms with Gasteiger partial charge in [-0.1, -0.05) is 23.7 Å². The van der Waals surface area contributed by atoms with Crippen LogP contribution in [-0.4, -0.2) is 12.3 Å². The zero-order valence-electron chi connectivity index (χ0n) is 10.4. The van der Waals surface area contributed by atoms with Crippen LogP contribution in [0.25, 0.3) is 11.1 Å². The Kier molecular flexibility index (Phi) is 4.09. The molecule has 0 aliphatic heterocycles. The third-order valence-electron chi connectivity index (χ3n) is 2.65. The Morgan fingerprint density at radius 3 is 2.24 bits per heavy atom. The van der Waals surface area contributed by atoms with Gasteiger partial charge in [0.15, 0.2) is 0 Å². The lowest BCUT2D eigenvalue weighted by Crippen LogP contribution is -2.16. The van der Waals surface area contributed by atoms with Crippen molar-refractivity contribution in [3.8, 4) is 16.9 Å². The lowest BCUT2D eigenvalue weighted by Gasteiger charge is -2.10. The van der Waals surface area contributed by atoms with E-state index < -0.39 is 12.3 Å². The fourth-order valence-corrected chi connectivity index (χ4v) is 1.96. The van der Waals surface area contributed by atoms with Gasteiger partial charge in [-0.15, -0.1) is 13.2 Å². The quantitative estimate of drug-likeness (QED) is 0.930. The highest BCUT2D eigenvalue weighted by molar-refractivity contribution is 6.33. The fraction of sp³-hybridized carbons (Fsp3) is 0.0714. The minimum Gasteiger partial charge on any atom is -0.406 e. The number of benzene rings is 2. The van der Waals surface area contributed by atoms with Crippen molar-refractivity contribution in [1.82, 2.24) is 0 Å². The monoisotopic (exact) mass is 315 g/mol. The van der Waals surface area contributed by atoms with Crippen molar-refractivity contribution in [1.29, 1.82) is 0 Å². The summed E-state index contributed by atoms with van der Waals surface area (Å²) in [4.78, 5) is 11.1. The van der Waals surface area contributed by atoms with E-state index in [1.807, 2.05) is 0 Å². The van der Waals surface area contributed by atoms with E-state index in [9.17, 15) is 18.0 Å². The van der Waals surface area contributed by atoms with Gasteiger partial charge in [0.05, 0.1) is 0 Å². The normalized spacial score (nSPS) is 11.2. The standard InChI is InChI=1S/C14H9ClF3NO2/c15-12-6-3-9(13(19)20)7-11(12)8-1-4-10(5-2-8)21-14(16,17)18/h1-7H,(H2,19,20). The van der Waals surface area contributed by atoms with Gasteiger partial charge in [-0.25, -0.2) is 0 Å². The molecule has 2 rings (SSSR count). The lowest BCUT2D eigenvalue weighted by atomic mass is 10.0. The first kappa shape index (κ1) is 15.2. The van der Waals surface area contributed by atoms with Crippen LogP contribution in [0.1, 0.15) is 10.4 Å². The van der Waals surface area contributed by atoms with Crippen molar-refractivity contribution < 1.29 is 22.7 Å². The van der Waals surface area contributed by atoms with Crippen LogP contribution in [0.4, 0.5) is 13.2 Å². The molecule has 1 amide bonds. The summed E-state index contributed by atoms with van der Waals surface area (Å²) in [5.41, 5.74) is 6.46. The second-order valence-corrected chi connectivity index (χ2v) is 4.54. The summed E-state index contributed by atoms with van der Waals surface area (Å²) in [6.07, 6.45) is -4.74. The first-order valence-corrected chi connectivity index (χ1v) is 6.09. The van der Waals surface area contributed by atoms with Crippen molar-refractivity contribution in [2.75, 3.05) is 0 Å². The van der Waals surface area contributed by atoms with Crippen LogP contribution in [0.2, 0.25) is 5.02 Å². The summed E-state index contributed by atoms with van der Waals surface area (Å²) in [7, 11) is 0. The van der Waals surface area contributed by atoms with Crippen molar-refractivity contribution >= 4 is 17.5 Å². The van der Waals surface area contributed by atoms with E-state index in [0.717, 1.165) is 12.1 Å². The minimum absolute atomic E-state index is 0.255. The molecule has 0 spiro atoms. The first-order chi connectivity index (χ1) is 9.76. The van der Waals surface area contributed by atoms with Gasteiger partial charge in [-0.05, 0) is 35.9 Å². The number of halogens is 4. The molecule has 2 aromatic carbocycles. The van der Waals surface area contributed by atoms with Crippen LogP contribution in [0.15, 0.2) is 42.5 Å². The van der Waals surface area contributed by atoms with Crippen LogP contribution < -0.4 is 10.5 Å². The van der Waals surface area contributed by atoms with Crippen molar-refractivity contribution in [3.63, 3.8) is 0 Å². The average Bonchev–Trinajstić information content (AvgIpc) is 2.38. The second kappa shape index (κ2) is 5.65. The number of rotatable bonds is 3. The van der Waals surface area contributed by atoms with E-state index >= 15 is 0 Å². The molecule has 7 heteroatoms. The number of amides is 1. The van der Waals surface area contributed by atoms with E-state index in [1.54, 1.807) is 0 Å². The van der Waals surface area contributed by atoms with Gasteiger partial charge in [0.25, 0.3) is 0 Å². The highest BCUT2D eigenvalue weighted by atomic mass is 35.5. The molecule has 0 atom stereocenters. The molecule has 0 aliphatic carbocycles. The molecule has 21 heavy (non-hydrogen) atoms. The Bertz CT molecular complexity index is 669. The van der Waals surface area contributed by atoms with Gasteiger partial charge in [0, 0.05) is 16.1 Å². The van der Waals surface area contributed by atoms with Crippen LogP contribution in [-0.2, 0) is 0 Å². The fourth-order valence-electron chi connectivity index (χ4n) is 1.74. The molecule has 3 nitrogen and oxygen atoms in total. The van der Waals surface area contributed by atoms with Gasteiger partial charge in [-0.3, -0.25) is 4.79 Å². The number of hydrogen-bond acceptors (Lipinski definition) is 2. The van der Waals surface area contributed by atoms with E-state index in [1.165, 1.54) is 30.3 Å². The Hall–Kier alpha value is -2.21. The summed E-state index contributed by atoms with van der Waals surface area (Å²) < 4.78 is 40.0.